The summed E-state index contributed by atoms with van der Waals surface area (Å²) in [6.07, 6.45) is -0.445. The van der Waals surface area contributed by atoms with Crippen molar-refractivity contribution in [3.8, 4) is 5.75 Å². The van der Waals surface area contributed by atoms with Gasteiger partial charge in [0.1, 0.15) is 11.9 Å². The molecule has 0 fully saturated rings. The second-order valence-electron chi connectivity index (χ2n) is 9.46. The van der Waals surface area contributed by atoms with Gasteiger partial charge < -0.3 is 15.0 Å². The van der Waals surface area contributed by atoms with Crippen LogP contribution < -0.4 is 15.0 Å². The summed E-state index contributed by atoms with van der Waals surface area (Å²) in [5.41, 5.74) is 3.43. The maximum Gasteiger partial charge on any atom is 0.260 e. The third-order valence-corrected chi connectivity index (χ3v) is 6.92. The van der Waals surface area contributed by atoms with E-state index < -0.39 is 6.17 Å². The van der Waals surface area contributed by atoms with E-state index in [-0.39, 0.29) is 42.6 Å². The third-order valence-electron chi connectivity index (χ3n) is 6.92. The van der Waals surface area contributed by atoms with Crippen molar-refractivity contribution in [2.45, 2.75) is 32.5 Å². The summed E-state index contributed by atoms with van der Waals surface area (Å²) in [4.78, 5) is 43.3. The van der Waals surface area contributed by atoms with Crippen molar-refractivity contribution in [2.75, 3.05) is 18.6 Å². The second kappa shape index (κ2) is 9.49. The molecule has 0 bridgehead atoms. The van der Waals surface area contributed by atoms with Gasteiger partial charge in [0, 0.05) is 24.1 Å². The normalized spacial score (nSPS) is 16.9. The first-order chi connectivity index (χ1) is 17.4. The van der Waals surface area contributed by atoms with Gasteiger partial charge in [0.2, 0.25) is 5.91 Å². The molecule has 0 spiro atoms. The Kier molecular flexibility index (Phi) is 6.22. The van der Waals surface area contributed by atoms with Gasteiger partial charge in [-0.05, 0) is 41.8 Å². The average molecular weight is 484 g/mol. The van der Waals surface area contributed by atoms with Crippen molar-refractivity contribution >= 4 is 23.4 Å². The topological polar surface area (TPSA) is 79.0 Å². The average Bonchev–Trinajstić information content (AvgIpc) is 3.19. The number of hydrogen-bond acceptors (Lipinski definition) is 4. The van der Waals surface area contributed by atoms with Gasteiger partial charge in [0.25, 0.3) is 11.8 Å². The van der Waals surface area contributed by atoms with Crippen molar-refractivity contribution in [3.05, 3.63) is 95.1 Å². The summed E-state index contributed by atoms with van der Waals surface area (Å²) < 4.78 is 5.25. The lowest BCUT2D eigenvalue weighted by molar-refractivity contribution is -0.122. The van der Waals surface area contributed by atoms with Crippen LogP contribution in [-0.2, 0) is 4.79 Å². The molecule has 3 aromatic carbocycles. The minimum atomic E-state index is -0.564. The summed E-state index contributed by atoms with van der Waals surface area (Å²) in [6, 6.07) is 22.0. The molecule has 1 N–H and O–H groups in total. The van der Waals surface area contributed by atoms with E-state index in [1.807, 2.05) is 48.5 Å². The van der Waals surface area contributed by atoms with Gasteiger partial charge in [0.05, 0.1) is 24.4 Å². The van der Waals surface area contributed by atoms with E-state index in [4.69, 9.17) is 4.74 Å². The molecule has 2 aliphatic rings. The van der Waals surface area contributed by atoms with Crippen molar-refractivity contribution in [1.82, 2.24) is 10.2 Å². The molecule has 3 aromatic rings. The van der Waals surface area contributed by atoms with E-state index in [0.29, 0.717) is 16.8 Å². The van der Waals surface area contributed by atoms with Crippen LogP contribution in [0.25, 0.3) is 0 Å². The summed E-state index contributed by atoms with van der Waals surface area (Å²) in [6.45, 7) is 4.30. The minimum Gasteiger partial charge on any atom is -0.497 e. The molecule has 7 nitrogen and oxygen atoms in total. The Labute approximate surface area is 210 Å². The molecule has 2 aliphatic heterocycles. The first-order valence-electron chi connectivity index (χ1n) is 12.2. The van der Waals surface area contributed by atoms with E-state index in [1.54, 1.807) is 41.2 Å². The number of carbonyl (C=O) groups excluding carboxylic acids is 3. The number of nitrogens with one attached hydrogen (secondary N) is 1. The summed E-state index contributed by atoms with van der Waals surface area (Å²) in [5, 5.41) is 3.13. The van der Waals surface area contributed by atoms with Gasteiger partial charge >= 0.3 is 0 Å². The minimum absolute atomic E-state index is 0.119. The summed E-state index contributed by atoms with van der Waals surface area (Å²) in [5.74, 6) is 0.456. The highest BCUT2D eigenvalue weighted by Crippen LogP contribution is 2.45. The van der Waals surface area contributed by atoms with Crippen LogP contribution >= 0.6 is 0 Å². The maximum atomic E-state index is 13.5. The fourth-order valence-corrected chi connectivity index (χ4v) is 5.11. The lowest BCUT2D eigenvalue weighted by Crippen LogP contribution is -2.49. The van der Waals surface area contributed by atoms with Crippen LogP contribution in [0.2, 0.25) is 0 Å². The van der Waals surface area contributed by atoms with Crippen LogP contribution in [0.1, 0.15) is 64.3 Å². The zero-order valence-electron chi connectivity index (χ0n) is 20.6. The van der Waals surface area contributed by atoms with Gasteiger partial charge in [-0.25, -0.2) is 0 Å². The molecule has 36 heavy (non-hydrogen) atoms. The molecular formula is C29H29N3O4. The molecule has 0 saturated carbocycles. The predicted molar refractivity (Wildman–Crippen MR) is 137 cm³/mol. The Hall–Kier alpha value is -4.13. The molecule has 0 saturated heterocycles. The molecule has 184 valence electrons. The van der Waals surface area contributed by atoms with E-state index in [0.717, 1.165) is 16.9 Å². The van der Waals surface area contributed by atoms with E-state index in [2.05, 4.69) is 19.2 Å². The molecule has 5 rings (SSSR count). The predicted octanol–water partition coefficient (Wildman–Crippen LogP) is 4.71. The van der Waals surface area contributed by atoms with Crippen molar-refractivity contribution in [1.29, 1.82) is 0 Å². The van der Waals surface area contributed by atoms with Crippen LogP contribution in [-0.4, -0.2) is 36.3 Å². The monoisotopic (exact) mass is 483 g/mol. The Bertz CT molecular complexity index is 1320. The fourth-order valence-electron chi connectivity index (χ4n) is 5.11. The smallest absolute Gasteiger partial charge is 0.260 e. The number of carbonyl (C=O) groups is 3. The van der Waals surface area contributed by atoms with E-state index in [1.165, 1.54) is 0 Å². The van der Waals surface area contributed by atoms with Crippen molar-refractivity contribution in [2.24, 2.45) is 5.92 Å². The highest BCUT2D eigenvalue weighted by atomic mass is 16.5. The third kappa shape index (κ3) is 4.00. The first-order valence-corrected chi connectivity index (χ1v) is 12.2. The molecule has 0 unspecified atom stereocenters. The Morgan fingerprint density at radius 1 is 0.917 bits per heavy atom. The maximum absolute atomic E-state index is 13.5. The standard InChI is InChI=1S/C29H29N3O4/c1-18(2)26(19-12-14-20(36-3)15-13-19)30-25(33)16-17-31-27-21-8-4-5-9-22(21)29(35)32(27)24-11-7-6-10-23(24)28(31)34/h4-15,18,26-27H,16-17H2,1-3H3,(H,30,33)/t26-,27-/m0/s1. The van der Waals surface area contributed by atoms with Gasteiger partial charge in [-0.15, -0.1) is 0 Å². The van der Waals surface area contributed by atoms with Crippen LogP contribution in [0.3, 0.4) is 0 Å². The van der Waals surface area contributed by atoms with E-state index in [9.17, 15) is 14.4 Å². The van der Waals surface area contributed by atoms with Gasteiger partial charge in [-0.3, -0.25) is 19.3 Å². The summed E-state index contributed by atoms with van der Waals surface area (Å²) >= 11 is 0. The Morgan fingerprint density at radius 3 is 2.28 bits per heavy atom. The highest BCUT2D eigenvalue weighted by molar-refractivity contribution is 6.16. The van der Waals surface area contributed by atoms with Crippen molar-refractivity contribution < 1.29 is 19.1 Å². The zero-order chi connectivity index (χ0) is 25.4. The Morgan fingerprint density at radius 2 is 1.58 bits per heavy atom. The molecule has 0 aliphatic carbocycles. The van der Waals surface area contributed by atoms with E-state index >= 15 is 0 Å². The van der Waals surface area contributed by atoms with Crippen LogP contribution in [0.15, 0.2) is 72.8 Å². The molecule has 0 radical (unpaired) electrons. The number of ether oxygens (including phenoxy) is 1. The quantitative estimate of drug-likeness (QED) is 0.528. The molecule has 0 aromatic heterocycles. The number of methoxy groups -OCH3 is 1. The second-order valence-corrected chi connectivity index (χ2v) is 9.46. The fraction of sp³-hybridized carbons (Fsp3) is 0.276. The highest BCUT2D eigenvalue weighted by Gasteiger charge is 2.47. The van der Waals surface area contributed by atoms with Gasteiger partial charge in [-0.1, -0.05) is 56.3 Å². The number of anilines is 1. The summed E-state index contributed by atoms with van der Waals surface area (Å²) in [7, 11) is 1.62. The Balaban J connectivity index is 1.38. The number of rotatable bonds is 7. The molecule has 3 amide bonds. The molecule has 7 heteroatoms. The van der Waals surface area contributed by atoms with Gasteiger partial charge in [-0.2, -0.15) is 0 Å². The zero-order valence-corrected chi connectivity index (χ0v) is 20.6. The number of para-hydroxylation sites is 1. The van der Waals surface area contributed by atoms with Crippen LogP contribution in [0.4, 0.5) is 5.69 Å². The first kappa shape index (κ1) is 23.6. The lowest BCUT2D eigenvalue weighted by atomic mass is 9.95. The number of fused-ring (bicyclic) bond motifs is 5. The number of benzene rings is 3. The number of hydrogen-bond donors (Lipinski definition) is 1. The largest absolute Gasteiger partial charge is 0.497 e. The van der Waals surface area contributed by atoms with Crippen LogP contribution in [0, 0.1) is 5.92 Å². The molecular weight excluding hydrogens is 454 g/mol. The number of amides is 3. The van der Waals surface area contributed by atoms with Crippen molar-refractivity contribution in [3.63, 3.8) is 0 Å². The number of nitrogens with zero attached hydrogens (tertiary/aromatic N) is 2. The molecule has 2 atom stereocenters. The van der Waals surface area contributed by atoms with Crippen LogP contribution in [0.5, 0.6) is 5.75 Å². The SMILES string of the molecule is COc1ccc([C@@H](NC(=O)CCN2C(=O)c3ccccc3N3C(=O)c4ccccc4[C@@H]23)C(C)C)cc1. The van der Waals surface area contributed by atoms with Gasteiger partial charge in [0.15, 0.2) is 0 Å². The lowest BCUT2D eigenvalue weighted by Gasteiger charge is -2.41. The molecule has 2 heterocycles.